The van der Waals surface area contributed by atoms with Crippen LogP contribution in [-0.2, 0) is 12.8 Å². The van der Waals surface area contributed by atoms with Crippen LogP contribution in [0, 0.1) is 17.1 Å². The smallest absolute Gasteiger partial charge is 0.419 e. The highest BCUT2D eigenvalue weighted by Crippen LogP contribution is 2.46. The van der Waals surface area contributed by atoms with Gasteiger partial charge in [-0.05, 0) is 66.8 Å². The number of rotatable bonds is 3. The van der Waals surface area contributed by atoms with E-state index >= 15 is 0 Å². The molecular formula is C29H21F4N3O2. The van der Waals surface area contributed by atoms with E-state index in [-0.39, 0.29) is 18.2 Å². The van der Waals surface area contributed by atoms with Crippen LogP contribution < -0.4 is 4.74 Å². The SMILES string of the molecule is C/C(C#N)=C1/c2ccc(C(O)c3c(C4CC4)nc4c(C(F)(F)F)cccn34)cc2COc2cc(F)ccc21. The van der Waals surface area contributed by atoms with Crippen molar-refractivity contribution in [1.29, 1.82) is 5.26 Å². The number of pyridine rings is 1. The van der Waals surface area contributed by atoms with Crippen LogP contribution in [0.1, 0.15) is 71.0 Å². The predicted octanol–water partition coefficient (Wildman–Crippen LogP) is 6.69. The number of halogens is 4. The number of aliphatic hydroxyl groups is 1. The van der Waals surface area contributed by atoms with E-state index in [0.717, 1.165) is 18.9 Å². The lowest BCUT2D eigenvalue weighted by atomic mass is 9.89. The second-order valence-electron chi connectivity index (χ2n) is 9.63. The fraction of sp³-hybridized carbons (Fsp3) is 0.241. The van der Waals surface area contributed by atoms with Crippen molar-refractivity contribution in [3.05, 3.63) is 105 Å². The topological polar surface area (TPSA) is 70.5 Å². The average molecular weight is 519 g/mol. The zero-order valence-electron chi connectivity index (χ0n) is 20.2. The van der Waals surface area contributed by atoms with Gasteiger partial charge < -0.3 is 14.2 Å². The number of aromatic nitrogens is 2. The van der Waals surface area contributed by atoms with E-state index in [4.69, 9.17) is 4.74 Å². The summed E-state index contributed by atoms with van der Waals surface area (Å²) in [4.78, 5) is 4.35. The average Bonchev–Trinajstić information content (AvgIpc) is 3.69. The van der Waals surface area contributed by atoms with E-state index in [1.807, 2.05) is 0 Å². The van der Waals surface area contributed by atoms with Crippen LogP contribution in [0.2, 0.25) is 0 Å². The Morgan fingerprint density at radius 2 is 1.92 bits per heavy atom. The van der Waals surface area contributed by atoms with Crippen molar-refractivity contribution in [2.75, 3.05) is 0 Å². The summed E-state index contributed by atoms with van der Waals surface area (Å²) in [5.41, 5.74) is 3.06. The van der Waals surface area contributed by atoms with Gasteiger partial charge in [0.1, 0.15) is 29.9 Å². The minimum atomic E-state index is -4.59. The first-order valence-electron chi connectivity index (χ1n) is 12.1. The normalized spacial score (nSPS) is 17.2. The Labute approximate surface area is 215 Å². The van der Waals surface area contributed by atoms with Crippen molar-refractivity contribution in [1.82, 2.24) is 9.38 Å². The summed E-state index contributed by atoms with van der Waals surface area (Å²) in [6.45, 7) is 1.72. The van der Waals surface area contributed by atoms with Crippen LogP contribution in [0.25, 0.3) is 11.2 Å². The fourth-order valence-electron chi connectivity index (χ4n) is 5.14. The predicted molar refractivity (Wildman–Crippen MR) is 131 cm³/mol. The number of benzene rings is 2. The molecule has 1 aliphatic heterocycles. The Balaban J connectivity index is 1.49. The first-order valence-corrected chi connectivity index (χ1v) is 12.1. The molecule has 2 aromatic heterocycles. The van der Waals surface area contributed by atoms with Crippen molar-refractivity contribution < 1.29 is 27.4 Å². The maximum atomic E-state index is 14.0. The molecule has 1 N–H and O–H groups in total. The highest BCUT2D eigenvalue weighted by atomic mass is 19.4. The van der Waals surface area contributed by atoms with E-state index < -0.39 is 23.7 Å². The molecule has 1 unspecified atom stereocenters. The Bertz CT molecular complexity index is 1680. The van der Waals surface area contributed by atoms with E-state index in [1.165, 1.54) is 28.8 Å². The molecule has 192 valence electrons. The van der Waals surface area contributed by atoms with Crippen LogP contribution in [0.15, 0.2) is 60.3 Å². The third kappa shape index (κ3) is 3.92. The van der Waals surface area contributed by atoms with Crippen LogP contribution in [-0.4, -0.2) is 14.5 Å². The van der Waals surface area contributed by atoms with Crippen LogP contribution >= 0.6 is 0 Å². The van der Waals surface area contributed by atoms with Crippen LogP contribution in [0.5, 0.6) is 5.75 Å². The highest BCUT2D eigenvalue weighted by molar-refractivity contribution is 5.88. The van der Waals surface area contributed by atoms with Crippen molar-refractivity contribution >= 4 is 11.2 Å². The minimum Gasteiger partial charge on any atom is -0.488 e. The molecule has 0 radical (unpaired) electrons. The molecule has 9 heteroatoms. The van der Waals surface area contributed by atoms with Gasteiger partial charge in [-0.2, -0.15) is 18.4 Å². The summed E-state index contributed by atoms with van der Waals surface area (Å²) in [5.74, 6) is -0.189. The lowest BCUT2D eigenvalue weighted by Crippen LogP contribution is -2.10. The van der Waals surface area contributed by atoms with Gasteiger partial charge in [0.25, 0.3) is 0 Å². The Kier molecular flexibility index (Phi) is 5.54. The standard InChI is InChI=1S/C29H21F4N3O2/c1-15(13-34)24-20-8-6-17(11-18(20)14-38-23-12-19(30)7-9-21(23)24)27(37)26-25(16-4-5-16)35-28-22(29(31,32)33)3-2-10-36(26)28/h2-3,6-12,16,27,37H,4-5,14H2,1H3/b24-15+. The number of fused-ring (bicyclic) bond motifs is 3. The van der Waals surface area contributed by atoms with Gasteiger partial charge in [0.05, 0.1) is 23.0 Å². The summed E-state index contributed by atoms with van der Waals surface area (Å²) in [5, 5.41) is 21.2. The molecular weight excluding hydrogens is 498 g/mol. The van der Waals surface area contributed by atoms with Gasteiger partial charge in [0.2, 0.25) is 0 Å². The van der Waals surface area contributed by atoms with Gasteiger partial charge in [-0.25, -0.2) is 9.37 Å². The first kappa shape index (κ1) is 24.2. The molecule has 5 nitrogen and oxygen atoms in total. The Hall–Kier alpha value is -4.16. The van der Waals surface area contributed by atoms with Crippen molar-refractivity contribution in [2.45, 2.75) is 44.6 Å². The van der Waals surface area contributed by atoms with Crippen molar-refractivity contribution in [3.63, 3.8) is 0 Å². The number of imidazole rings is 1. The molecule has 1 aliphatic carbocycles. The van der Waals surface area contributed by atoms with E-state index in [2.05, 4.69) is 11.1 Å². The summed E-state index contributed by atoms with van der Waals surface area (Å²) in [6.07, 6.45) is -2.79. The third-order valence-electron chi connectivity index (χ3n) is 7.10. The lowest BCUT2D eigenvalue weighted by Gasteiger charge is -2.17. The molecule has 6 rings (SSSR count). The summed E-state index contributed by atoms with van der Waals surface area (Å²) in [6, 6.07) is 13.7. The molecule has 4 aromatic rings. The maximum absolute atomic E-state index is 14.0. The third-order valence-corrected chi connectivity index (χ3v) is 7.10. The zero-order valence-corrected chi connectivity index (χ0v) is 20.2. The Morgan fingerprint density at radius 1 is 1.16 bits per heavy atom. The molecule has 38 heavy (non-hydrogen) atoms. The van der Waals surface area contributed by atoms with Crippen LogP contribution in [0.3, 0.4) is 0 Å². The monoisotopic (exact) mass is 519 g/mol. The number of alkyl halides is 3. The quantitative estimate of drug-likeness (QED) is 0.242. The number of ether oxygens (including phenoxy) is 1. The molecule has 2 aliphatic rings. The molecule has 1 fully saturated rings. The molecule has 0 bridgehead atoms. The highest BCUT2D eigenvalue weighted by Gasteiger charge is 2.38. The van der Waals surface area contributed by atoms with Crippen molar-refractivity contribution in [3.8, 4) is 11.8 Å². The number of allylic oxidation sites excluding steroid dienone is 1. The lowest BCUT2D eigenvalue weighted by molar-refractivity contribution is -0.136. The number of nitrogens with zero attached hydrogens (tertiary/aromatic N) is 3. The van der Waals surface area contributed by atoms with Gasteiger partial charge in [0, 0.05) is 34.9 Å². The molecule has 1 saturated carbocycles. The molecule has 0 spiro atoms. The molecule has 0 amide bonds. The zero-order chi connectivity index (χ0) is 26.8. The number of nitriles is 1. The maximum Gasteiger partial charge on any atom is 0.419 e. The summed E-state index contributed by atoms with van der Waals surface area (Å²) < 4.78 is 62.3. The van der Waals surface area contributed by atoms with Gasteiger partial charge in [-0.1, -0.05) is 12.1 Å². The van der Waals surface area contributed by atoms with Crippen molar-refractivity contribution in [2.24, 2.45) is 0 Å². The molecule has 1 atom stereocenters. The van der Waals surface area contributed by atoms with E-state index in [9.17, 15) is 27.9 Å². The molecule has 0 saturated heterocycles. The van der Waals surface area contributed by atoms with Gasteiger partial charge in [-0.3, -0.25) is 0 Å². The van der Waals surface area contributed by atoms with Gasteiger partial charge in [0.15, 0.2) is 0 Å². The molecule has 2 aromatic carbocycles. The van der Waals surface area contributed by atoms with Gasteiger partial charge in [-0.15, -0.1) is 0 Å². The first-order chi connectivity index (χ1) is 18.2. The largest absolute Gasteiger partial charge is 0.488 e. The Morgan fingerprint density at radius 3 is 2.63 bits per heavy atom. The van der Waals surface area contributed by atoms with Gasteiger partial charge >= 0.3 is 6.18 Å². The summed E-state index contributed by atoms with van der Waals surface area (Å²) >= 11 is 0. The number of hydrogen-bond acceptors (Lipinski definition) is 4. The fourth-order valence-corrected chi connectivity index (χ4v) is 5.14. The van der Waals surface area contributed by atoms with E-state index in [0.29, 0.717) is 50.5 Å². The second kappa shape index (κ2) is 8.71. The number of aliphatic hydroxyl groups excluding tert-OH is 1. The minimum absolute atomic E-state index is 0.0120. The molecule has 3 heterocycles. The summed E-state index contributed by atoms with van der Waals surface area (Å²) in [7, 11) is 0. The van der Waals surface area contributed by atoms with E-state index in [1.54, 1.807) is 31.2 Å². The second-order valence-corrected chi connectivity index (χ2v) is 9.63. The van der Waals surface area contributed by atoms with Crippen LogP contribution in [0.4, 0.5) is 17.6 Å². The number of hydrogen-bond donors (Lipinski definition) is 1.